The maximum absolute atomic E-state index is 12.6. The molecule has 2 saturated heterocycles. The van der Waals surface area contributed by atoms with Gasteiger partial charge in [0.2, 0.25) is 15.9 Å². The van der Waals surface area contributed by atoms with Crippen molar-refractivity contribution < 1.29 is 17.9 Å². The van der Waals surface area contributed by atoms with Gasteiger partial charge in [-0.15, -0.1) is 0 Å². The Balaban J connectivity index is 1.74. The number of benzene rings is 1. The van der Waals surface area contributed by atoms with E-state index in [1.54, 1.807) is 7.11 Å². The zero-order chi connectivity index (χ0) is 16.4. The molecule has 1 amide bonds. The van der Waals surface area contributed by atoms with Gasteiger partial charge in [-0.1, -0.05) is 12.1 Å². The van der Waals surface area contributed by atoms with E-state index < -0.39 is 10.0 Å². The van der Waals surface area contributed by atoms with Gasteiger partial charge >= 0.3 is 0 Å². The van der Waals surface area contributed by atoms with Crippen LogP contribution in [0.5, 0.6) is 5.75 Å². The standard InChI is InChI=1S/C16H22N2O4S/c1-22-14-6-2-5-13(11-14)15-7-3-9-18(15)16(19)12-17-8-4-10-23(17,20)21/h2,5-6,11,15H,3-4,7-10,12H2,1H3/t15-/m0/s1. The Kier molecular flexibility index (Phi) is 4.59. The second-order valence-corrected chi connectivity index (χ2v) is 8.11. The Bertz CT molecular complexity index is 689. The van der Waals surface area contributed by atoms with Crippen molar-refractivity contribution >= 4 is 15.9 Å². The van der Waals surface area contributed by atoms with Crippen molar-refractivity contribution in [2.45, 2.75) is 25.3 Å². The molecule has 126 valence electrons. The van der Waals surface area contributed by atoms with Crippen LogP contribution in [0.25, 0.3) is 0 Å². The van der Waals surface area contributed by atoms with Gasteiger partial charge in [0.05, 0.1) is 25.4 Å². The van der Waals surface area contributed by atoms with E-state index in [4.69, 9.17) is 4.74 Å². The molecule has 0 radical (unpaired) electrons. The molecule has 0 aliphatic carbocycles. The number of hydrogen-bond acceptors (Lipinski definition) is 4. The van der Waals surface area contributed by atoms with Gasteiger partial charge in [-0.3, -0.25) is 4.79 Å². The lowest BCUT2D eigenvalue weighted by molar-refractivity contribution is -0.132. The summed E-state index contributed by atoms with van der Waals surface area (Å²) in [7, 11) is -1.62. The highest BCUT2D eigenvalue weighted by Crippen LogP contribution is 2.33. The van der Waals surface area contributed by atoms with Gasteiger partial charge in [-0.05, 0) is 37.0 Å². The first-order valence-corrected chi connectivity index (χ1v) is 9.53. The number of rotatable bonds is 4. The molecule has 0 saturated carbocycles. The molecule has 1 aromatic rings. The predicted molar refractivity (Wildman–Crippen MR) is 86.7 cm³/mol. The zero-order valence-electron chi connectivity index (χ0n) is 13.3. The summed E-state index contributed by atoms with van der Waals surface area (Å²) in [6.07, 6.45) is 2.43. The van der Waals surface area contributed by atoms with E-state index in [9.17, 15) is 13.2 Å². The number of amides is 1. The molecule has 23 heavy (non-hydrogen) atoms. The summed E-state index contributed by atoms with van der Waals surface area (Å²) in [5, 5.41) is 0. The van der Waals surface area contributed by atoms with Crippen molar-refractivity contribution in [1.82, 2.24) is 9.21 Å². The number of carbonyl (C=O) groups is 1. The predicted octanol–water partition coefficient (Wildman–Crippen LogP) is 1.39. The molecule has 2 fully saturated rings. The minimum atomic E-state index is -3.24. The first-order chi connectivity index (χ1) is 11.0. The molecule has 0 spiro atoms. The quantitative estimate of drug-likeness (QED) is 0.832. The second kappa shape index (κ2) is 6.49. The Morgan fingerprint density at radius 3 is 2.83 bits per heavy atom. The van der Waals surface area contributed by atoms with Crippen molar-refractivity contribution in [3.05, 3.63) is 29.8 Å². The summed E-state index contributed by atoms with van der Waals surface area (Å²) in [5.74, 6) is 0.810. The van der Waals surface area contributed by atoms with Crippen LogP contribution >= 0.6 is 0 Å². The highest BCUT2D eigenvalue weighted by Gasteiger charge is 2.35. The molecule has 2 aliphatic rings. The maximum atomic E-state index is 12.6. The Labute approximate surface area is 137 Å². The van der Waals surface area contributed by atoms with Gasteiger partial charge in [-0.25, -0.2) is 8.42 Å². The van der Waals surface area contributed by atoms with Crippen LogP contribution < -0.4 is 4.74 Å². The number of sulfonamides is 1. The van der Waals surface area contributed by atoms with E-state index in [2.05, 4.69) is 0 Å². The molecule has 2 heterocycles. The Morgan fingerprint density at radius 1 is 1.30 bits per heavy atom. The van der Waals surface area contributed by atoms with Crippen LogP contribution in [0.3, 0.4) is 0 Å². The van der Waals surface area contributed by atoms with Crippen molar-refractivity contribution in [3.8, 4) is 5.75 Å². The summed E-state index contributed by atoms with van der Waals surface area (Å²) < 4.78 is 30.3. The number of carbonyl (C=O) groups excluding carboxylic acids is 1. The highest BCUT2D eigenvalue weighted by atomic mass is 32.2. The van der Waals surface area contributed by atoms with Crippen LogP contribution in [0, 0.1) is 0 Å². The first kappa shape index (κ1) is 16.3. The van der Waals surface area contributed by atoms with Crippen molar-refractivity contribution in [3.63, 3.8) is 0 Å². The van der Waals surface area contributed by atoms with E-state index >= 15 is 0 Å². The fourth-order valence-electron chi connectivity index (χ4n) is 3.37. The fraction of sp³-hybridized carbons (Fsp3) is 0.562. The molecule has 0 unspecified atom stereocenters. The molecule has 7 heteroatoms. The molecule has 2 aliphatic heterocycles. The summed E-state index contributed by atoms with van der Waals surface area (Å²) in [6, 6.07) is 7.73. The normalized spacial score (nSPS) is 24.0. The minimum absolute atomic E-state index is 0.00269. The molecule has 1 atom stereocenters. The van der Waals surface area contributed by atoms with E-state index in [0.29, 0.717) is 19.5 Å². The van der Waals surface area contributed by atoms with Gasteiger partial charge < -0.3 is 9.64 Å². The lowest BCUT2D eigenvalue weighted by Gasteiger charge is -2.27. The second-order valence-electron chi connectivity index (χ2n) is 6.02. The number of nitrogens with zero attached hydrogens (tertiary/aromatic N) is 2. The monoisotopic (exact) mass is 338 g/mol. The van der Waals surface area contributed by atoms with Crippen LogP contribution in [0.1, 0.15) is 30.9 Å². The molecular formula is C16H22N2O4S. The smallest absolute Gasteiger partial charge is 0.238 e. The molecule has 1 aromatic carbocycles. The average Bonchev–Trinajstić information content (AvgIpc) is 3.14. The third-order valence-electron chi connectivity index (χ3n) is 4.57. The lowest BCUT2D eigenvalue weighted by atomic mass is 10.0. The number of methoxy groups -OCH3 is 1. The summed E-state index contributed by atoms with van der Waals surface area (Å²) in [6.45, 7) is 1.09. The van der Waals surface area contributed by atoms with Crippen molar-refractivity contribution in [2.75, 3.05) is 32.5 Å². The highest BCUT2D eigenvalue weighted by molar-refractivity contribution is 7.89. The Morgan fingerprint density at radius 2 is 2.13 bits per heavy atom. The summed E-state index contributed by atoms with van der Waals surface area (Å²) >= 11 is 0. The molecule has 6 nitrogen and oxygen atoms in total. The molecule has 3 rings (SSSR count). The third kappa shape index (κ3) is 3.35. The van der Waals surface area contributed by atoms with Crippen LogP contribution in [-0.2, 0) is 14.8 Å². The molecular weight excluding hydrogens is 316 g/mol. The number of likely N-dealkylation sites (tertiary alicyclic amines) is 1. The molecule has 0 bridgehead atoms. The van der Waals surface area contributed by atoms with E-state index in [1.807, 2.05) is 29.2 Å². The van der Waals surface area contributed by atoms with E-state index in [0.717, 1.165) is 24.2 Å². The third-order valence-corrected chi connectivity index (χ3v) is 6.47. The van der Waals surface area contributed by atoms with Gasteiger partial charge in [-0.2, -0.15) is 4.31 Å². The molecule has 0 N–H and O–H groups in total. The maximum Gasteiger partial charge on any atom is 0.238 e. The van der Waals surface area contributed by atoms with Crippen LogP contribution in [0.4, 0.5) is 0 Å². The van der Waals surface area contributed by atoms with Gasteiger partial charge in [0, 0.05) is 13.1 Å². The van der Waals surface area contributed by atoms with E-state index in [-0.39, 0.29) is 24.2 Å². The van der Waals surface area contributed by atoms with Crippen molar-refractivity contribution in [2.24, 2.45) is 0 Å². The fourth-order valence-corrected chi connectivity index (χ4v) is 4.84. The largest absolute Gasteiger partial charge is 0.497 e. The van der Waals surface area contributed by atoms with Crippen molar-refractivity contribution in [1.29, 1.82) is 0 Å². The number of hydrogen-bond donors (Lipinski definition) is 0. The SMILES string of the molecule is COc1cccc([C@@H]2CCCN2C(=O)CN2CCCS2(=O)=O)c1. The molecule has 0 aromatic heterocycles. The summed E-state index contributed by atoms with van der Waals surface area (Å²) in [4.78, 5) is 14.4. The minimum Gasteiger partial charge on any atom is -0.497 e. The first-order valence-electron chi connectivity index (χ1n) is 7.92. The van der Waals surface area contributed by atoms with Crippen LogP contribution in [0.15, 0.2) is 24.3 Å². The van der Waals surface area contributed by atoms with Gasteiger partial charge in [0.15, 0.2) is 0 Å². The summed E-state index contributed by atoms with van der Waals surface area (Å²) in [5.41, 5.74) is 1.04. The zero-order valence-corrected chi connectivity index (χ0v) is 14.1. The van der Waals surface area contributed by atoms with Gasteiger partial charge in [0.25, 0.3) is 0 Å². The number of ether oxygens (including phenoxy) is 1. The van der Waals surface area contributed by atoms with Crippen LogP contribution in [0.2, 0.25) is 0 Å². The lowest BCUT2D eigenvalue weighted by Crippen LogP contribution is -2.40. The van der Waals surface area contributed by atoms with Crippen LogP contribution in [-0.4, -0.2) is 56.0 Å². The van der Waals surface area contributed by atoms with Gasteiger partial charge in [0.1, 0.15) is 5.75 Å². The topological polar surface area (TPSA) is 66.9 Å². The van der Waals surface area contributed by atoms with E-state index in [1.165, 1.54) is 4.31 Å². The average molecular weight is 338 g/mol. The Hall–Kier alpha value is -1.60.